The highest BCUT2D eigenvalue weighted by atomic mass is 16.2. The lowest BCUT2D eigenvalue weighted by Gasteiger charge is -2.38. The number of nitrogens with zero attached hydrogens (tertiary/aromatic N) is 3. The quantitative estimate of drug-likeness (QED) is 0.720. The number of aryl methyl sites for hydroxylation is 1. The number of hydrogen-bond acceptors (Lipinski definition) is 4. The Bertz CT molecular complexity index is 576. The van der Waals surface area contributed by atoms with Crippen molar-refractivity contribution in [2.75, 3.05) is 46.3 Å². The molecule has 2 amide bonds. The molecule has 0 aliphatic carbocycles. The maximum atomic E-state index is 12.1. The van der Waals surface area contributed by atoms with Gasteiger partial charge in [0.2, 0.25) is 0 Å². The Morgan fingerprint density at radius 1 is 1.04 bits per heavy atom. The summed E-state index contributed by atoms with van der Waals surface area (Å²) in [5.41, 5.74) is 1.15. The molecule has 1 aliphatic rings. The van der Waals surface area contributed by atoms with Crippen molar-refractivity contribution in [1.29, 1.82) is 0 Å². The van der Waals surface area contributed by atoms with Gasteiger partial charge in [-0.1, -0.05) is 13.8 Å². The molecule has 2 N–H and O–H groups in total. The van der Waals surface area contributed by atoms with Gasteiger partial charge in [-0.05, 0) is 25.1 Å². The molecule has 1 aliphatic heterocycles. The summed E-state index contributed by atoms with van der Waals surface area (Å²) in [6, 6.07) is 4.15. The fraction of sp³-hybridized carbons (Fsp3) is 0.667. The average molecular weight is 349 g/mol. The third-order valence-corrected chi connectivity index (χ3v) is 4.64. The van der Waals surface area contributed by atoms with E-state index in [-0.39, 0.29) is 6.04 Å². The van der Waals surface area contributed by atoms with Gasteiger partial charge in [0.05, 0.1) is 6.04 Å². The van der Waals surface area contributed by atoms with E-state index in [0.29, 0.717) is 19.0 Å². The predicted molar refractivity (Wildman–Crippen MR) is 98.1 cm³/mol. The number of likely N-dealkylation sites (N-methyl/N-ethyl adjacent to an activating group) is 1. The van der Waals surface area contributed by atoms with Crippen LogP contribution in [0.15, 0.2) is 18.3 Å². The van der Waals surface area contributed by atoms with E-state index in [1.165, 1.54) is 0 Å². The number of amides is 2. The van der Waals surface area contributed by atoms with Gasteiger partial charge in [0.1, 0.15) is 0 Å². The van der Waals surface area contributed by atoms with E-state index in [1.807, 2.05) is 33.2 Å². The molecule has 1 atom stereocenters. The van der Waals surface area contributed by atoms with Crippen LogP contribution < -0.4 is 10.6 Å². The van der Waals surface area contributed by atoms with E-state index < -0.39 is 11.8 Å². The van der Waals surface area contributed by atoms with Crippen molar-refractivity contribution in [3.63, 3.8) is 0 Å². The maximum Gasteiger partial charge on any atom is 0.309 e. The standard InChI is InChI=1S/C18H31N5O2/c1-14(2)12-19-17(24)18(25)20-13-16(15-6-5-7-22(15)4)23-10-8-21(3)9-11-23/h5-7,14,16H,8-13H2,1-4H3,(H,19,24)(H,20,25). The van der Waals surface area contributed by atoms with Crippen LogP contribution in [0.5, 0.6) is 0 Å². The summed E-state index contributed by atoms with van der Waals surface area (Å²) in [5.74, 6) is -0.801. The number of rotatable bonds is 6. The van der Waals surface area contributed by atoms with Crippen LogP contribution in [0.1, 0.15) is 25.6 Å². The molecule has 1 unspecified atom stereocenters. The highest BCUT2D eigenvalue weighted by Gasteiger charge is 2.26. The van der Waals surface area contributed by atoms with E-state index in [1.54, 1.807) is 0 Å². The number of piperazine rings is 1. The zero-order valence-corrected chi connectivity index (χ0v) is 15.8. The molecule has 2 rings (SSSR count). The van der Waals surface area contributed by atoms with Crippen LogP contribution in [-0.4, -0.2) is 72.5 Å². The Morgan fingerprint density at radius 3 is 2.16 bits per heavy atom. The van der Waals surface area contributed by atoms with E-state index in [4.69, 9.17) is 0 Å². The zero-order chi connectivity index (χ0) is 18.4. The summed E-state index contributed by atoms with van der Waals surface area (Å²) in [4.78, 5) is 28.7. The van der Waals surface area contributed by atoms with Crippen molar-refractivity contribution in [1.82, 2.24) is 25.0 Å². The molecule has 0 bridgehead atoms. The van der Waals surface area contributed by atoms with Crippen molar-refractivity contribution in [3.8, 4) is 0 Å². The normalized spacial score (nSPS) is 17.5. The van der Waals surface area contributed by atoms with E-state index >= 15 is 0 Å². The third kappa shape index (κ3) is 5.57. The summed E-state index contributed by atoms with van der Waals surface area (Å²) >= 11 is 0. The Morgan fingerprint density at radius 2 is 1.64 bits per heavy atom. The largest absolute Gasteiger partial charge is 0.353 e. The van der Waals surface area contributed by atoms with E-state index in [0.717, 1.165) is 31.9 Å². The number of aromatic nitrogens is 1. The Kier molecular flexibility index (Phi) is 7.01. The van der Waals surface area contributed by atoms with Crippen LogP contribution in [0.4, 0.5) is 0 Å². The number of carbonyl (C=O) groups excluding carboxylic acids is 2. The van der Waals surface area contributed by atoms with E-state index in [2.05, 4.69) is 38.1 Å². The Hall–Kier alpha value is -1.86. The SMILES string of the molecule is CC(C)CNC(=O)C(=O)NCC(c1cccn1C)N1CCN(C)CC1. The molecule has 1 fully saturated rings. The lowest BCUT2D eigenvalue weighted by molar-refractivity contribution is -0.139. The summed E-state index contributed by atoms with van der Waals surface area (Å²) in [6.45, 7) is 8.83. The van der Waals surface area contributed by atoms with E-state index in [9.17, 15) is 9.59 Å². The van der Waals surface area contributed by atoms with Crippen molar-refractivity contribution >= 4 is 11.8 Å². The third-order valence-electron chi connectivity index (χ3n) is 4.64. The predicted octanol–water partition coefficient (Wildman–Crippen LogP) is 0.202. The first-order chi connectivity index (χ1) is 11.9. The molecule has 7 nitrogen and oxygen atoms in total. The van der Waals surface area contributed by atoms with Gasteiger partial charge in [0.25, 0.3) is 0 Å². The molecule has 25 heavy (non-hydrogen) atoms. The van der Waals surface area contributed by atoms with Gasteiger partial charge in [-0.2, -0.15) is 0 Å². The molecule has 1 saturated heterocycles. The molecule has 7 heteroatoms. The highest BCUT2D eigenvalue weighted by Crippen LogP contribution is 2.21. The molecule has 1 aromatic rings. The minimum atomic E-state index is -0.561. The monoisotopic (exact) mass is 349 g/mol. The highest BCUT2D eigenvalue weighted by molar-refractivity contribution is 6.35. The Labute approximate surface area is 150 Å². The molecular weight excluding hydrogens is 318 g/mol. The zero-order valence-electron chi connectivity index (χ0n) is 15.8. The molecule has 0 saturated carbocycles. The van der Waals surface area contributed by atoms with Gasteiger partial charge >= 0.3 is 11.8 Å². The van der Waals surface area contributed by atoms with Crippen LogP contribution in [0.2, 0.25) is 0 Å². The second kappa shape index (κ2) is 9.01. The fourth-order valence-corrected chi connectivity index (χ4v) is 3.02. The van der Waals surface area contributed by atoms with Crippen molar-refractivity contribution in [2.24, 2.45) is 13.0 Å². The molecule has 0 radical (unpaired) electrons. The van der Waals surface area contributed by atoms with Crippen LogP contribution in [-0.2, 0) is 16.6 Å². The second-order valence-electron chi connectivity index (χ2n) is 7.21. The minimum Gasteiger partial charge on any atom is -0.353 e. The molecular formula is C18H31N5O2. The van der Waals surface area contributed by atoms with Crippen LogP contribution in [0.3, 0.4) is 0 Å². The molecule has 140 valence electrons. The fourth-order valence-electron chi connectivity index (χ4n) is 3.02. The summed E-state index contributed by atoms with van der Waals surface area (Å²) in [6.07, 6.45) is 2.01. The van der Waals surface area contributed by atoms with Crippen LogP contribution in [0.25, 0.3) is 0 Å². The lowest BCUT2D eigenvalue weighted by Crippen LogP contribution is -2.50. The molecule has 0 aromatic carbocycles. The topological polar surface area (TPSA) is 69.6 Å². The van der Waals surface area contributed by atoms with Crippen molar-refractivity contribution in [3.05, 3.63) is 24.0 Å². The smallest absolute Gasteiger partial charge is 0.309 e. The van der Waals surface area contributed by atoms with Gasteiger partial charge in [-0.3, -0.25) is 14.5 Å². The summed E-state index contributed by atoms with van der Waals surface area (Å²) < 4.78 is 2.08. The molecule has 1 aromatic heterocycles. The Balaban J connectivity index is 1.98. The number of carbonyl (C=O) groups is 2. The summed E-state index contributed by atoms with van der Waals surface area (Å²) in [7, 11) is 4.13. The first-order valence-corrected chi connectivity index (χ1v) is 8.98. The van der Waals surface area contributed by atoms with Crippen LogP contribution in [0, 0.1) is 5.92 Å². The van der Waals surface area contributed by atoms with Crippen molar-refractivity contribution in [2.45, 2.75) is 19.9 Å². The lowest BCUT2D eigenvalue weighted by atomic mass is 10.1. The van der Waals surface area contributed by atoms with Gasteiger partial charge in [0.15, 0.2) is 0 Å². The molecule has 0 spiro atoms. The first-order valence-electron chi connectivity index (χ1n) is 8.98. The molecule has 2 heterocycles. The minimum absolute atomic E-state index is 0.0653. The number of hydrogen-bond donors (Lipinski definition) is 2. The number of nitrogens with one attached hydrogen (secondary N) is 2. The first kappa shape index (κ1) is 19.5. The van der Waals surface area contributed by atoms with Gasteiger partial charge in [0, 0.05) is 58.2 Å². The van der Waals surface area contributed by atoms with Crippen molar-refractivity contribution < 1.29 is 9.59 Å². The van der Waals surface area contributed by atoms with Gasteiger partial charge < -0.3 is 20.1 Å². The summed E-state index contributed by atoms with van der Waals surface area (Å²) in [5, 5.41) is 5.47. The van der Waals surface area contributed by atoms with Gasteiger partial charge in [-0.15, -0.1) is 0 Å². The second-order valence-corrected chi connectivity index (χ2v) is 7.21. The van der Waals surface area contributed by atoms with Crippen LogP contribution >= 0.6 is 0 Å². The average Bonchev–Trinajstić information content (AvgIpc) is 3.00. The van der Waals surface area contributed by atoms with Gasteiger partial charge in [-0.25, -0.2) is 0 Å². The maximum absolute atomic E-state index is 12.1.